The molecule has 0 bridgehead atoms. The Morgan fingerprint density at radius 2 is 2.00 bits per heavy atom. The van der Waals surface area contributed by atoms with E-state index in [2.05, 4.69) is 15.4 Å². The van der Waals surface area contributed by atoms with E-state index < -0.39 is 0 Å². The number of rotatable bonds is 0. The van der Waals surface area contributed by atoms with Crippen molar-refractivity contribution in [1.29, 1.82) is 0 Å². The maximum absolute atomic E-state index is 11.4. The van der Waals surface area contributed by atoms with E-state index in [0.29, 0.717) is 18.6 Å². The van der Waals surface area contributed by atoms with Crippen LogP contribution in [0.15, 0.2) is 11.8 Å². The fraction of sp³-hybridized carbons (Fsp3) is 0.455. The molecule has 4 nitrogen and oxygen atoms in total. The Labute approximate surface area is 87.4 Å². The van der Waals surface area contributed by atoms with Gasteiger partial charge in [-0.1, -0.05) is 5.57 Å². The quantitative estimate of drug-likeness (QED) is 0.635. The lowest BCUT2D eigenvalue weighted by Gasteiger charge is -2.00. The van der Waals surface area contributed by atoms with Gasteiger partial charge in [0.15, 0.2) is 0 Å². The fourth-order valence-corrected chi connectivity index (χ4v) is 2.39. The number of aromatic nitrogens is 3. The van der Waals surface area contributed by atoms with Crippen molar-refractivity contribution in [2.24, 2.45) is 0 Å². The average Bonchev–Trinajstić information content (AvgIpc) is 2.51. The highest BCUT2D eigenvalue weighted by Gasteiger charge is 2.26. The highest BCUT2D eigenvalue weighted by molar-refractivity contribution is 5.85. The zero-order valence-corrected chi connectivity index (χ0v) is 8.36. The number of nitrogens with zero attached hydrogens (tertiary/aromatic N) is 3. The van der Waals surface area contributed by atoms with E-state index in [9.17, 15) is 4.79 Å². The second kappa shape index (κ2) is 3.22. The van der Waals surface area contributed by atoms with Crippen LogP contribution in [-0.2, 0) is 11.2 Å². The molecule has 0 unspecified atom stereocenters. The van der Waals surface area contributed by atoms with Crippen molar-refractivity contribution in [2.75, 3.05) is 0 Å². The van der Waals surface area contributed by atoms with E-state index in [-0.39, 0.29) is 0 Å². The zero-order chi connectivity index (χ0) is 10.3. The van der Waals surface area contributed by atoms with Crippen LogP contribution in [0, 0.1) is 0 Å². The summed E-state index contributed by atoms with van der Waals surface area (Å²) < 4.78 is 0. The number of hydrogen-bond acceptors (Lipinski definition) is 4. The van der Waals surface area contributed by atoms with Gasteiger partial charge in [-0.2, -0.15) is 0 Å². The Hall–Kier alpha value is -1.58. The van der Waals surface area contributed by atoms with E-state index >= 15 is 0 Å². The third-order valence-corrected chi connectivity index (χ3v) is 3.19. The summed E-state index contributed by atoms with van der Waals surface area (Å²) in [5.41, 5.74) is 4.78. The Kier molecular flexibility index (Phi) is 1.87. The Bertz CT molecular complexity index is 465. The van der Waals surface area contributed by atoms with Gasteiger partial charge in [-0.25, -0.2) is 0 Å². The van der Waals surface area contributed by atoms with Gasteiger partial charge in [-0.15, -0.1) is 10.2 Å². The van der Waals surface area contributed by atoms with Crippen LogP contribution in [0.25, 0.3) is 5.57 Å². The van der Waals surface area contributed by atoms with Gasteiger partial charge in [-0.3, -0.25) is 4.79 Å². The third kappa shape index (κ3) is 1.37. The van der Waals surface area contributed by atoms with Crippen LogP contribution in [0.3, 0.4) is 0 Å². The molecule has 0 aromatic carbocycles. The van der Waals surface area contributed by atoms with Crippen LogP contribution < -0.4 is 0 Å². The SMILES string of the molecule is O=C1CCC2=C(CC1)c1nnncc1C2. The molecule has 0 radical (unpaired) electrons. The summed E-state index contributed by atoms with van der Waals surface area (Å²) in [6, 6.07) is 0. The highest BCUT2D eigenvalue weighted by atomic mass is 16.1. The summed E-state index contributed by atoms with van der Waals surface area (Å²) in [6.07, 6.45) is 5.78. The van der Waals surface area contributed by atoms with Crippen LogP contribution in [0.4, 0.5) is 0 Å². The molecule has 0 fully saturated rings. The number of ketones is 1. The first-order chi connectivity index (χ1) is 7.34. The highest BCUT2D eigenvalue weighted by Crippen LogP contribution is 2.37. The second-order valence-electron chi connectivity index (χ2n) is 4.11. The summed E-state index contributed by atoms with van der Waals surface area (Å²) in [4.78, 5) is 11.4. The lowest BCUT2D eigenvalue weighted by Crippen LogP contribution is -1.99. The molecule has 1 aromatic heterocycles. The molecule has 15 heavy (non-hydrogen) atoms. The Morgan fingerprint density at radius 1 is 1.13 bits per heavy atom. The number of Topliss-reactive ketones (excluding diaryl/α,β-unsaturated/α-hetero) is 1. The largest absolute Gasteiger partial charge is 0.300 e. The van der Waals surface area contributed by atoms with Gasteiger partial charge in [0, 0.05) is 18.4 Å². The van der Waals surface area contributed by atoms with E-state index in [1.54, 1.807) is 6.20 Å². The molecular formula is C11H11N3O. The minimum atomic E-state index is 0.368. The second-order valence-corrected chi connectivity index (χ2v) is 4.11. The minimum absolute atomic E-state index is 0.368. The predicted octanol–water partition coefficient (Wildman–Crippen LogP) is 1.32. The van der Waals surface area contributed by atoms with Crippen LogP contribution in [0.1, 0.15) is 36.9 Å². The lowest BCUT2D eigenvalue weighted by molar-refractivity contribution is -0.118. The Morgan fingerprint density at radius 3 is 2.93 bits per heavy atom. The molecule has 1 heterocycles. The maximum atomic E-state index is 11.4. The molecule has 0 amide bonds. The molecule has 76 valence electrons. The fourth-order valence-electron chi connectivity index (χ4n) is 2.39. The lowest BCUT2D eigenvalue weighted by atomic mass is 10.1. The van der Waals surface area contributed by atoms with Gasteiger partial charge in [0.2, 0.25) is 0 Å². The summed E-state index contributed by atoms with van der Waals surface area (Å²) in [7, 11) is 0. The van der Waals surface area contributed by atoms with E-state index in [1.807, 2.05) is 0 Å². The van der Waals surface area contributed by atoms with Gasteiger partial charge in [-0.05, 0) is 30.0 Å². The maximum Gasteiger partial charge on any atom is 0.133 e. The first-order valence-corrected chi connectivity index (χ1v) is 5.25. The van der Waals surface area contributed by atoms with Crippen LogP contribution in [0.2, 0.25) is 0 Å². The van der Waals surface area contributed by atoms with Crippen molar-refractivity contribution in [3.63, 3.8) is 0 Å². The number of allylic oxidation sites excluding steroid dienone is 2. The summed E-state index contributed by atoms with van der Waals surface area (Å²) in [6.45, 7) is 0. The van der Waals surface area contributed by atoms with Crippen molar-refractivity contribution in [3.05, 3.63) is 23.0 Å². The molecule has 3 rings (SSSR count). The first kappa shape index (κ1) is 8.71. The monoisotopic (exact) mass is 201 g/mol. The summed E-state index contributed by atoms with van der Waals surface area (Å²) in [5, 5.41) is 11.6. The molecule has 0 N–H and O–H groups in total. The van der Waals surface area contributed by atoms with Crippen molar-refractivity contribution in [3.8, 4) is 0 Å². The first-order valence-electron chi connectivity index (χ1n) is 5.25. The molecule has 1 aromatic rings. The third-order valence-electron chi connectivity index (χ3n) is 3.19. The molecular weight excluding hydrogens is 190 g/mol. The number of carbonyl (C=O) groups is 1. The topological polar surface area (TPSA) is 55.7 Å². The molecule has 0 saturated heterocycles. The zero-order valence-electron chi connectivity index (χ0n) is 8.36. The normalized spacial score (nSPS) is 19.9. The summed E-state index contributed by atoms with van der Waals surface area (Å²) >= 11 is 0. The van der Waals surface area contributed by atoms with Crippen molar-refractivity contribution < 1.29 is 4.79 Å². The van der Waals surface area contributed by atoms with Crippen molar-refractivity contribution >= 4 is 11.4 Å². The molecule has 2 aliphatic carbocycles. The van der Waals surface area contributed by atoms with Gasteiger partial charge >= 0.3 is 0 Å². The standard InChI is InChI=1S/C11H11N3O/c15-9-2-1-7-5-8-6-12-14-13-11(8)10(7)4-3-9/h6H,1-5H2. The van der Waals surface area contributed by atoms with Crippen molar-refractivity contribution in [2.45, 2.75) is 32.1 Å². The summed E-state index contributed by atoms with van der Waals surface area (Å²) in [5.74, 6) is 0.368. The molecule has 2 aliphatic rings. The van der Waals surface area contributed by atoms with Gasteiger partial charge in [0.05, 0.1) is 11.9 Å². The number of fused-ring (bicyclic) bond motifs is 2. The van der Waals surface area contributed by atoms with E-state index in [4.69, 9.17) is 0 Å². The molecule has 0 aliphatic heterocycles. The van der Waals surface area contributed by atoms with Crippen LogP contribution in [-0.4, -0.2) is 21.2 Å². The van der Waals surface area contributed by atoms with Gasteiger partial charge in [0.25, 0.3) is 0 Å². The Balaban J connectivity index is 2.02. The molecule has 4 heteroatoms. The average molecular weight is 201 g/mol. The van der Waals surface area contributed by atoms with Crippen LogP contribution in [0.5, 0.6) is 0 Å². The number of hydrogen-bond donors (Lipinski definition) is 0. The van der Waals surface area contributed by atoms with Crippen molar-refractivity contribution in [1.82, 2.24) is 15.4 Å². The van der Waals surface area contributed by atoms with E-state index in [1.165, 1.54) is 16.7 Å². The molecule has 0 saturated carbocycles. The van der Waals surface area contributed by atoms with Gasteiger partial charge in [0.1, 0.15) is 5.78 Å². The predicted molar refractivity (Wildman–Crippen MR) is 53.9 cm³/mol. The van der Waals surface area contributed by atoms with E-state index in [0.717, 1.165) is 25.0 Å². The minimum Gasteiger partial charge on any atom is -0.300 e. The van der Waals surface area contributed by atoms with Gasteiger partial charge < -0.3 is 0 Å². The molecule has 0 atom stereocenters. The number of carbonyl (C=O) groups excluding carboxylic acids is 1. The molecule has 0 spiro atoms. The smallest absolute Gasteiger partial charge is 0.133 e. The van der Waals surface area contributed by atoms with Crippen LogP contribution >= 0.6 is 0 Å².